The van der Waals surface area contributed by atoms with E-state index in [-0.39, 0.29) is 24.8 Å². The van der Waals surface area contributed by atoms with E-state index < -0.39 is 5.60 Å². The lowest BCUT2D eigenvalue weighted by Gasteiger charge is -2.20. The van der Waals surface area contributed by atoms with E-state index in [4.69, 9.17) is 4.74 Å². The van der Waals surface area contributed by atoms with Crippen LogP contribution < -0.4 is 5.32 Å². The molecule has 17 heavy (non-hydrogen) atoms. The van der Waals surface area contributed by atoms with E-state index in [2.05, 4.69) is 5.32 Å². The Morgan fingerprint density at radius 3 is 3.00 bits per heavy atom. The van der Waals surface area contributed by atoms with Crippen LogP contribution in [0.4, 0.5) is 0 Å². The highest BCUT2D eigenvalue weighted by Gasteiger charge is 2.32. The number of carbonyl (C=O) groups excluding carboxylic acids is 1. The number of phenols is 1. The van der Waals surface area contributed by atoms with Crippen molar-refractivity contribution >= 4 is 5.91 Å². The summed E-state index contributed by atoms with van der Waals surface area (Å²) >= 11 is 0. The minimum absolute atomic E-state index is 0.0422. The first kappa shape index (κ1) is 11.9. The summed E-state index contributed by atoms with van der Waals surface area (Å²) in [5, 5.41) is 21.8. The molecule has 1 aliphatic heterocycles. The molecule has 0 aliphatic carbocycles. The Morgan fingerprint density at radius 1 is 1.53 bits per heavy atom. The maximum absolute atomic E-state index is 11.7. The van der Waals surface area contributed by atoms with Crippen molar-refractivity contribution in [2.24, 2.45) is 0 Å². The van der Waals surface area contributed by atoms with Crippen LogP contribution in [0.3, 0.4) is 0 Å². The summed E-state index contributed by atoms with van der Waals surface area (Å²) in [5.74, 6) is -0.276. The lowest BCUT2D eigenvalue weighted by atomic mass is 10.0. The van der Waals surface area contributed by atoms with Crippen molar-refractivity contribution in [2.75, 3.05) is 19.8 Å². The van der Waals surface area contributed by atoms with Gasteiger partial charge in [-0.2, -0.15) is 0 Å². The monoisotopic (exact) mass is 237 g/mol. The smallest absolute Gasteiger partial charge is 0.251 e. The topological polar surface area (TPSA) is 78.8 Å². The second-order valence-corrected chi connectivity index (χ2v) is 4.26. The van der Waals surface area contributed by atoms with E-state index in [9.17, 15) is 15.0 Å². The first-order valence-electron chi connectivity index (χ1n) is 5.46. The van der Waals surface area contributed by atoms with Gasteiger partial charge in [-0.1, -0.05) is 6.07 Å². The van der Waals surface area contributed by atoms with E-state index in [1.807, 2.05) is 0 Å². The third kappa shape index (κ3) is 2.95. The molecule has 1 unspecified atom stereocenters. The van der Waals surface area contributed by atoms with Gasteiger partial charge in [-0.05, 0) is 18.2 Å². The molecule has 1 aromatic rings. The number of nitrogens with one attached hydrogen (secondary N) is 1. The van der Waals surface area contributed by atoms with Crippen molar-refractivity contribution in [1.82, 2.24) is 5.32 Å². The number of hydrogen-bond acceptors (Lipinski definition) is 4. The summed E-state index contributed by atoms with van der Waals surface area (Å²) < 4.78 is 5.08. The molecule has 1 saturated heterocycles. The van der Waals surface area contributed by atoms with E-state index in [1.165, 1.54) is 12.1 Å². The fourth-order valence-corrected chi connectivity index (χ4v) is 1.73. The summed E-state index contributed by atoms with van der Waals surface area (Å²) in [5.41, 5.74) is -0.598. The molecule has 5 nitrogen and oxygen atoms in total. The Morgan fingerprint density at radius 2 is 2.35 bits per heavy atom. The highest BCUT2D eigenvalue weighted by Crippen LogP contribution is 2.17. The van der Waals surface area contributed by atoms with Gasteiger partial charge in [0, 0.05) is 25.1 Å². The lowest BCUT2D eigenvalue weighted by molar-refractivity contribution is 0.0264. The second kappa shape index (κ2) is 4.73. The van der Waals surface area contributed by atoms with Gasteiger partial charge >= 0.3 is 0 Å². The van der Waals surface area contributed by atoms with Crippen LogP contribution in [0.2, 0.25) is 0 Å². The van der Waals surface area contributed by atoms with Gasteiger partial charge in [0.15, 0.2) is 0 Å². The molecule has 1 fully saturated rings. The van der Waals surface area contributed by atoms with Crippen molar-refractivity contribution in [3.8, 4) is 5.75 Å². The van der Waals surface area contributed by atoms with E-state index in [1.54, 1.807) is 12.1 Å². The minimum Gasteiger partial charge on any atom is -0.508 e. The molecule has 0 bridgehead atoms. The van der Waals surface area contributed by atoms with Crippen molar-refractivity contribution in [2.45, 2.75) is 12.0 Å². The van der Waals surface area contributed by atoms with Gasteiger partial charge in [0.1, 0.15) is 11.4 Å². The fourth-order valence-electron chi connectivity index (χ4n) is 1.73. The van der Waals surface area contributed by atoms with Gasteiger partial charge < -0.3 is 20.3 Å². The van der Waals surface area contributed by atoms with Crippen molar-refractivity contribution in [1.29, 1.82) is 0 Å². The number of ether oxygens (including phenoxy) is 1. The fraction of sp³-hybridized carbons (Fsp3) is 0.417. The maximum Gasteiger partial charge on any atom is 0.251 e. The zero-order valence-corrected chi connectivity index (χ0v) is 9.35. The summed E-state index contributed by atoms with van der Waals surface area (Å²) in [4.78, 5) is 11.7. The van der Waals surface area contributed by atoms with Crippen LogP contribution in [0, 0.1) is 0 Å². The molecule has 0 radical (unpaired) electrons. The van der Waals surface area contributed by atoms with Crippen LogP contribution in [0.1, 0.15) is 16.8 Å². The molecule has 92 valence electrons. The van der Waals surface area contributed by atoms with Gasteiger partial charge in [0.25, 0.3) is 5.91 Å². The number of hydrogen-bond donors (Lipinski definition) is 3. The van der Waals surface area contributed by atoms with Gasteiger partial charge in [-0.15, -0.1) is 0 Å². The lowest BCUT2D eigenvalue weighted by Crippen LogP contribution is -2.43. The molecule has 1 heterocycles. The third-order valence-corrected chi connectivity index (χ3v) is 2.77. The number of amides is 1. The Labute approximate surface area is 99.0 Å². The van der Waals surface area contributed by atoms with Gasteiger partial charge in [-0.25, -0.2) is 0 Å². The van der Waals surface area contributed by atoms with Crippen molar-refractivity contribution in [3.63, 3.8) is 0 Å². The second-order valence-electron chi connectivity index (χ2n) is 4.26. The van der Waals surface area contributed by atoms with Gasteiger partial charge in [-0.3, -0.25) is 4.79 Å². The quantitative estimate of drug-likeness (QED) is 0.705. The van der Waals surface area contributed by atoms with Gasteiger partial charge in [0.2, 0.25) is 0 Å². The Hall–Kier alpha value is -1.59. The molecule has 0 spiro atoms. The maximum atomic E-state index is 11.7. The molecule has 0 saturated carbocycles. The molecule has 3 N–H and O–H groups in total. The molecular weight excluding hydrogens is 222 g/mol. The summed E-state index contributed by atoms with van der Waals surface area (Å²) in [6.07, 6.45) is 0.521. The molecule has 1 aliphatic rings. The average Bonchev–Trinajstić information content (AvgIpc) is 2.74. The number of benzene rings is 1. The van der Waals surface area contributed by atoms with Gasteiger partial charge in [0.05, 0.1) is 6.61 Å². The average molecular weight is 237 g/mol. The van der Waals surface area contributed by atoms with Crippen LogP contribution in [0.15, 0.2) is 24.3 Å². The number of carbonyl (C=O) groups is 1. The normalized spacial score (nSPS) is 23.6. The van der Waals surface area contributed by atoms with Crippen LogP contribution in [0.5, 0.6) is 5.75 Å². The Bertz CT molecular complexity index is 413. The highest BCUT2D eigenvalue weighted by atomic mass is 16.5. The standard InChI is InChI=1S/C12H15NO4/c14-10-3-1-2-9(6-10)11(15)13-7-12(16)4-5-17-8-12/h1-3,6,14,16H,4-5,7-8H2,(H,13,15). The molecule has 0 aromatic heterocycles. The number of aromatic hydroxyl groups is 1. The van der Waals surface area contributed by atoms with Crippen molar-refractivity contribution in [3.05, 3.63) is 29.8 Å². The molecule has 5 heteroatoms. The zero-order valence-electron chi connectivity index (χ0n) is 9.35. The number of rotatable bonds is 3. The first-order valence-corrected chi connectivity index (χ1v) is 5.46. The summed E-state index contributed by atoms with van der Waals surface area (Å²) in [6.45, 7) is 0.910. The largest absolute Gasteiger partial charge is 0.508 e. The van der Waals surface area contributed by atoms with E-state index in [0.717, 1.165) is 0 Å². The summed E-state index contributed by atoms with van der Waals surface area (Å²) in [6, 6.07) is 6.07. The Balaban J connectivity index is 1.93. The molecule has 1 amide bonds. The predicted octanol–water partition coefficient (Wildman–Crippen LogP) is 0.273. The minimum atomic E-state index is -0.966. The Kier molecular flexibility index (Phi) is 3.31. The van der Waals surface area contributed by atoms with Crippen molar-refractivity contribution < 1.29 is 19.7 Å². The molecular formula is C12H15NO4. The highest BCUT2D eigenvalue weighted by molar-refractivity contribution is 5.94. The van der Waals surface area contributed by atoms with Crippen LogP contribution in [0.25, 0.3) is 0 Å². The zero-order chi connectivity index (χ0) is 12.3. The first-order chi connectivity index (χ1) is 8.09. The van der Waals surface area contributed by atoms with E-state index >= 15 is 0 Å². The molecule has 1 atom stereocenters. The van der Waals surface area contributed by atoms with Crippen LogP contribution >= 0.6 is 0 Å². The molecule has 2 rings (SSSR count). The predicted molar refractivity (Wildman–Crippen MR) is 60.8 cm³/mol. The summed E-state index contributed by atoms with van der Waals surface area (Å²) in [7, 11) is 0. The number of phenolic OH excluding ortho intramolecular Hbond substituents is 1. The molecule has 1 aromatic carbocycles. The number of aliphatic hydroxyl groups is 1. The third-order valence-electron chi connectivity index (χ3n) is 2.77. The van der Waals surface area contributed by atoms with Crippen LogP contribution in [-0.2, 0) is 4.74 Å². The SMILES string of the molecule is O=C(NCC1(O)CCOC1)c1cccc(O)c1. The van der Waals surface area contributed by atoms with Crippen LogP contribution in [-0.4, -0.2) is 41.5 Å². The van der Waals surface area contributed by atoms with E-state index in [0.29, 0.717) is 18.6 Å².